The number of nitrogens with one attached hydrogen (secondary N) is 1. The number of amides is 1. The van der Waals surface area contributed by atoms with Crippen LogP contribution in [-0.2, 0) is 11.3 Å². The van der Waals surface area contributed by atoms with Crippen molar-refractivity contribution >= 4 is 35.8 Å². The summed E-state index contributed by atoms with van der Waals surface area (Å²) in [5.41, 5.74) is 2.23. The van der Waals surface area contributed by atoms with Crippen molar-refractivity contribution in [1.29, 1.82) is 0 Å². The third-order valence-electron chi connectivity index (χ3n) is 5.73. The number of aliphatic imine (C=N–C) groups is 1. The van der Waals surface area contributed by atoms with E-state index >= 15 is 0 Å². The summed E-state index contributed by atoms with van der Waals surface area (Å²) in [4.78, 5) is 28.1. The number of likely N-dealkylation sites (tertiary alicyclic amines) is 1. The van der Waals surface area contributed by atoms with E-state index in [2.05, 4.69) is 43.0 Å². The Bertz CT molecular complexity index is 667. The van der Waals surface area contributed by atoms with Crippen LogP contribution in [0.4, 0.5) is 0 Å². The summed E-state index contributed by atoms with van der Waals surface area (Å²) in [5, 5.41) is 3.43. The SMILES string of the molecule is CN=C(NCc1ncccc1C)N1CCN(CC(=O)N2CCCCCC2)CC1.I. The van der Waals surface area contributed by atoms with E-state index < -0.39 is 0 Å². The summed E-state index contributed by atoms with van der Waals surface area (Å²) in [7, 11) is 1.82. The summed E-state index contributed by atoms with van der Waals surface area (Å²) in [6.45, 7) is 8.71. The maximum Gasteiger partial charge on any atom is 0.236 e. The molecular weight excluding hydrogens is 479 g/mol. The Morgan fingerprint density at radius 3 is 2.38 bits per heavy atom. The van der Waals surface area contributed by atoms with E-state index in [4.69, 9.17) is 0 Å². The van der Waals surface area contributed by atoms with Crippen LogP contribution in [0.5, 0.6) is 0 Å². The molecule has 2 fully saturated rings. The van der Waals surface area contributed by atoms with E-state index in [1.54, 1.807) is 0 Å². The molecule has 3 rings (SSSR count). The Morgan fingerprint density at radius 2 is 1.76 bits per heavy atom. The first-order chi connectivity index (χ1) is 13.7. The van der Waals surface area contributed by atoms with Gasteiger partial charge in [0.1, 0.15) is 0 Å². The van der Waals surface area contributed by atoms with Crippen molar-refractivity contribution in [3.63, 3.8) is 0 Å². The number of rotatable bonds is 4. The summed E-state index contributed by atoms with van der Waals surface area (Å²) < 4.78 is 0. The fourth-order valence-corrected chi connectivity index (χ4v) is 3.93. The topological polar surface area (TPSA) is 64.1 Å². The average molecular weight is 514 g/mol. The summed E-state index contributed by atoms with van der Waals surface area (Å²) in [6, 6.07) is 4.03. The van der Waals surface area contributed by atoms with Gasteiger partial charge in [0.2, 0.25) is 5.91 Å². The van der Waals surface area contributed by atoms with E-state index in [0.717, 1.165) is 63.8 Å². The third-order valence-corrected chi connectivity index (χ3v) is 5.73. The highest BCUT2D eigenvalue weighted by atomic mass is 127. The molecule has 2 saturated heterocycles. The molecule has 2 aliphatic heterocycles. The van der Waals surface area contributed by atoms with Gasteiger partial charge in [-0.25, -0.2) is 0 Å². The Morgan fingerprint density at radius 1 is 1.07 bits per heavy atom. The smallest absolute Gasteiger partial charge is 0.236 e. The van der Waals surface area contributed by atoms with Crippen LogP contribution in [-0.4, -0.2) is 84.4 Å². The van der Waals surface area contributed by atoms with Gasteiger partial charge in [0.25, 0.3) is 0 Å². The van der Waals surface area contributed by atoms with Crippen LogP contribution < -0.4 is 5.32 Å². The van der Waals surface area contributed by atoms with Crippen molar-refractivity contribution in [3.8, 4) is 0 Å². The molecule has 8 heteroatoms. The van der Waals surface area contributed by atoms with Crippen molar-refractivity contribution in [2.24, 2.45) is 4.99 Å². The summed E-state index contributed by atoms with van der Waals surface area (Å²) in [5.74, 6) is 1.20. The zero-order chi connectivity index (χ0) is 19.8. The predicted octanol–water partition coefficient (Wildman–Crippen LogP) is 2.10. The van der Waals surface area contributed by atoms with Crippen molar-refractivity contribution in [1.82, 2.24) is 25.0 Å². The number of nitrogens with zero attached hydrogens (tertiary/aromatic N) is 5. The Kier molecular flexibility index (Phi) is 10.1. The second-order valence-corrected chi connectivity index (χ2v) is 7.73. The van der Waals surface area contributed by atoms with Gasteiger partial charge in [0.15, 0.2) is 5.96 Å². The van der Waals surface area contributed by atoms with Gasteiger partial charge < -0.3 is 15.1 Å². The van der Waals surface area contributed by atoms with E-state index in [1.807, 2.05) is 19.3 Å². The van der Waals surface area contributed by atoms with Gasteiger partial charge >= 0.3 is 0 Å². The second kappa shape index (κ2) is 12.3. The largest absolute Gasteiger partial charge is 0.351 e. The number of aromatic nitrogens is 1. The highest BCUT2D eigenvalue weighted by Crippen LogP contribution is 2.11. The maximum absolute atomic E-state index is 12.6. The molecule has 7 nitrogen and oxygen atoms in total. The molecule has 0 bridgehead atoms. The molecule has 2 aliphatic rings. The lowest BCUT2D eigenvalue weighted by Crippen LogP contribution is -2.54. The fraction of sp³-hybridized carbons (Fsp3) is 0.667. The normalized spacial score (nSPS) is 18.8. The van der Waals surface area contributed by atoms with Gasteiger partial charge in [0.05, 0.1) is 18.8 Å². The fourth-order valence-electron chi connectivity index (χ4n) is 3.93. The number of hydrogen-bond acceptors (Lipinski definition) is 4. The average Bonchev–Trinajstić information content (AvgIpc) is 3.00. The standard InChI is InChI=1S/C21H34N6O.HI/c1-18-8-7-9-23-19(18)16-24-21(22-2)27-14-12-25(13-15-27)17-20(28)26-10-5-3-4-6-11-26;/h7-9H,3-6,10-17H2,1-2H3,(H,22,24);1H. The maximum atomic E-state index is 12.6. The van der Waals surface area contributed by atoms with Crippen LogP contribution in [0, 0.1) is 6.92 Å². The van der Waals surface area contributed by atoms with Crippen molar-refractivity contribution < 1.29 is 4.79 Å². The molecule has 1 aromatic rings. The van der Waals surface area contributed by atoms with Crippen molar-refractivity contribution in [2.75, 3.05) is 52.9 Å². The monoisotopic (exact) mass is 514 g/mol. The number of pyridine rings is 1. The minimum absolute atomic E-state index is 0. The number of hydrogen-bond donors (Lipinski definition) is 1. The number of guanidine groups is 1. The number of carbonyl (C=O) groups is 1. The number of piperazine rings is 1. The highest BCUT2D eigenvalue weighted by molar-refractivity contribution is 14.0. The molecule has 0 aliphatic carbocycles. The molecular formula is C21H35IN6O. The Balaban J connectivity index is 0.00000300. The van der Waals surface area contributed by atoms with Crippen molar-refractivity contribution in [3.05, 3.63) is 29.6 Å². The Labute approximate surface area is 192 Å². The van der Waals surface area contributed by atoms with Gasteiger partial charge in [-0.15, -0.1) is 24.0 Å². The van der Waals surface area contributed by atoms with Gasteiger partial charge in [-0.3, -0.25) is 19.7 Å². The lowest BCUT2D eigenvalue weighted by Gasteiger charge is -2.37. The van der Waals surface area contributed by atoms with E-state index in [1.165, 1.54) is 18.4 Å². The molecule has 1 amide bonds. The van der Waals surface area contributed by atoms with Crippen LogP contribution in [0.1, 0.15) is 36.9 Å². The van der Waals surface area contributed by atoms with Crippen LogP contribution in [0.15, 0.2) is 23.3 Å². The van der Waals surface area contributed by atoms with Crippen LogP contribution >= 0.6 is 24.0 Å². The molecule has 162 valence electrons. The molecule has 0 saturated carbocycles. The molecule has 1 N–H and O–H groups in total. The molecule has 0 unspecified atom stereocenters. The predicted molar refractivity (Wildman–Crippen MR) is 128 cm³/mol. The molecule has 0 radical (unpaired) electrons. The van der Waals surface area contributed by atoms with Crippen LogP contribution in [0.3, 0.4) is 0 Å². The molecule has 3 heterocycles. The minimum Gasteiger partial charge on any atom is -0.351 e. The quantitative estimate of drug-likeness (QED) is 0.379. The Hall–Kier alpha value is -1.42. The molecule has 0 aromatic carbocycles. The van der Waals surface area contributed by atoms with Crippen molar-refractivity contribution in [2.45, 2.75) is 39.2 Å². The first-order valence-corrected chi connectivity index (χ1v) is 10.5. The summed E-state index contributed by atoms with van der Waals surface area (Å²) >= 11 is 0. The lowest BCUT2D eigenvalue weighted by molar-refractivity contribution is -0.132. The molecule has 0 spiro atoms. The first-order valence-electron chi connectivity index (χ1n) is 10.5. The molecule has 29 heavy (non-hydrogen) atoms. The van der Waals surface area contributed by atoms with Gasteiger partial charge in [-0.1, -0.05) is 18.9 Å². The third kappa shape index (κ3) is 7.09. The zero-order valence-electron chi connectivity index (χ0n) is 17.8. The van der Waals surface area contributed by atoms with Gasteiger partial charge in [-0.05, 0) is 31.4 Å². The van der Waals surface area contributed by atoms with Gasteiger partial charge in [-0.2, -0.15) is 0 Å². The number of aryl methyl sites for hydroxylation is 1. The number of carbonyl (C=O) groups excluding carboxylic acids is 1. The minimum atomic E-state index is 0. The second-order valence-electron chi connectivity index (χ2n) is 7.73. The van der Waals surface area contributed by atoms with E-state index in [9.17, 15) is 4.79 Å². The van der Waals surface area contributed by atoms with Gasteiger partial charge in [0, 0.05) is 52.5 Å². The zero-order valence-corrected chi connectivity index (χ0v) is 20.1. The highest BCUT2D eigenvalue weighted by Gasteiger charge is 2.23. The summed E-state index contributed by atoms with van der Waals surface area (Å²) in [6.07, 6.45) is 6.64. The van der Waals surface area contributed by atoms with Crippen LogP contribution in [0.2, 0.25) is 0 Å². The molecule has 1 aromatic heterocycles. The van der Waals surface area contributed by atoms with E-state index in [0.29, 0.717) is 19.0 Å². The number of halogens is 1. The lowest BCUT2D eigenvalue weighted by atomic mass is 10.2. The van der Waals surface area contributed by atoms with E-state index in [-0.39, 0.29) is 24.0 Å². The first kappa shape index (κ1) is 23.9. The van der Waals surface area contributed by atoms with Crippen LogP contribution in [0.25, 0.3) is 0 Å². The molecule has 0 atom stereocenters.